The van der Waals surface area contributed by atoms with Crippen LogP contribution >= 0.6 is 11.6 Å². The number of anilines is 1. The van der Waals surface area contributed by atoms with Gasteiger partial charge >= 0.3 is 0 Å². The van der Waals surface area contributed by atoms with E-state index in [0.717, 1.165) is 12.8 Å². The Kier molecular flexibility index (Phi) is 4.39. The average molecular weight is 333 g/mol. The van der Waals surface area contributed by atoms with Gasteiger partial charge in [-0.05, 0) is 37.0 Å². The molecule has 0 bridgehead atoms. The largest absolute Gasteiger partial charge is 0.492 e. The van der Waals surface area contributed by atoms with E-state index < -0.39 is 5.91 Å². The van der Waals surface area contributed by atoms with Crippen LogP contribution in [0.15, 0.2) is 41.3 Å². The minimum atomic E-state index is -0.394. The molecule has 1 amide bonds. The Bertz CT molecular complexity index is 797. The third kappa shape index (κ3) is 3.74. The number of aryl methyl sites for hydroxylation is 1. The van der Waals surface area contributed by atoms with E-state index in [9.17, 15) is 9.59 Å². The van der Waals surface area contributed by atoms with Gasteiger partial charge in [0.25, 0.3) is 11.5 Å². The molecule has 0 atom stereocenters. The molecule has 1 fully saturated rings. The molecule has 1 saturated carbocycles. The smallest absolute Gasteiger partial charge is 0.260 e. The molecule has 2 aromatic rings. The van der Waals surface area contributed by atoms with E-state index in [1.807, 2.05) is 0 Å². The first kappa shape index (κ1) is 15.6. The van der Waals surface area contributed by atoms with E-state index in [4.69, 9.17) is 16.3 Å². The van der Waals surface area contributed by atoms with E-state index in [2.05, 4.69) is 5.32 Å². The van der Waals surface area contributed by atoms with Crippen LogP contribution in [0.25, 0.3) is 0 Å². The summed E-state index contributed by atoms with van der Waals surface area (Å²) >= 11 is 6.17. The Morgan fingerprint density at radius 3 is 2.87 bits per heavy atom. The highest BCUT2D eigenvalue weighted by atomic mass is 35.5. The number of pyridine rings is 1. The number of halogens is 1. The number of carbonyl (C=O) groups excluding carboxylic acids is 1. The van der Waals surface area contributed by atoms with Gasteiger partial charge in [0.2, 0.25) is 0 Å². The summed E-state index contributed by atoms with van der Waals surface area (Å²) in [5, 5.41) is 3.01. The number of nitrogens with zero attached hydrogens (tertiary/aromatic N) is 1. The highest BCUT2D eigenvalue weighted by molar-refractivity contribution is 6.34. The highest BCUT2D eigenvalue weighted by Crippen LogP contribution is 2.32. The van der Waals surface area contributed by atoms with E-state index in [0.29, 0.717) is 29.0 Å². The molecular formula is C17H17ClN2O3. The molecule has 1 aliphatic carbocycles. The summed E-state index contributed by atoms with van der Waals surface area (Å²) in [7, 11) is 1.64. The zero-order chi connectivity index (χ0) is 16.4. The summed E-state index contributed by atoms with van der Waals surface area (Å²) in [6, 6.07) is 8.14. The molecule has 6 heteroatoms. The summed E-state index contributed by atoms with van der Waals surface area (Å²) in [5.41, 5.74) is 0.508. The fraction of sp³-hybridized carbons (Fsp3) is 0.294. The molecule has 0 unspecified atom stereocenters. The van der Waals surface area contributed by atoms with Gasteiger partial charge in [0.1, 0.15) is 11.3 Å². The summed E-state index contributed by atoms with van der Waals surface area (Å²) in [4.78, 5) is 24.2. The monoisotopic (exact) mass is 332 g/mol. The average Bonchev–Trinajstić information content (AvgIpc) is 3.33. The first-order valence-electron chi connectivity index (χ1n) is 7.44. The quantitative estimate of drug-likeness (QED) is 0.915. The van der Waals surface area contributed by atoms with Crippen molar-refractivity contribution in [3.8, 4) is 5.75 Å². The van der Waals surface area contributed by atoms with Crippen LogP contribution in [0.2, 0.25) is 5.02 Å². The first-order chi connectivity index (χ1) is 11.0. The summed E-state index contributed by atoms with van der Waals surface area (Å²) < 4.78 is 7.16. The highest BCUT2D eigenvalue weighted by Gasteiger charge is 2.24. The molecule has 23 heavy (non-hydrogen) atoms. The molecule has 1 aliphatic rings. The summed E-state index contributed by atoms with van der Waals surface area (Å²) in [6.07, 6.45) is 3.92. The summed E-state index contributed by atoms with van der Waals surface area (Å²) in [6.45, 7) is 0.590. The number of hydrogen-bond acceptors (Lipinski definition) is 3. The van der Waals surface area contributed by atoms with Gasteiger partial charge in [0.05, 0.1) is 11.6 Å². The van der Waals surface area contributed by atoms with Crippen molar-refractivity contribution in [2.45, 2.75) is 12.8 Å². The number of amides is 1. The molecule has 5 nitrogen and oxygen atoms in total. The third-order valence-electron chi connectivity index (χ3n) is 3.74. The van der Waals surface area contributed by atoms with Crippen LogP contribution in [0.1, 0.15) is 23.2 Å². The van der Waals surface area contributed by atoms with Crippen molar-refractivity contribution in [3.63, 3.8) is 0 Å². The van der Waals surface area contributed by atoms with Gasteiger partial charge in [-0.3, -0.25) is 9.59 Å². The molecule has 0 radical (unpaired) electrons. The lowest BCUT2D eigenvalue weighted by Crippen LogP contribution is -2.19. The standard InChI is InChI=1S/C17H17ClN2O3/c1-20-8-7-12(9-15(20)21)19-17(22)16-13(18)3-2-4-14(16)23-10-11-5-6-11/h2-4,7-9,11H,5-6,10H2,1H3,(H,19,22). The lowest BCUT2D eigenvalue weighted by Gasteiger charge is -2.13. The molecule has 3 rings (SSSR count). The number of hydrogen-bond donors (Lipinski definition) is 1. The van der Waals surface area contributed by atoms with Crippen molar-refractivity contribution in [1.29, 1.82) is 0 Å². The van der Waals surface area contributed by atoms with Crippen molar-refractivity contribution in [1.82, 2.24) is 4.57 Å². The van der Waals surface area contributed by atoms with Gasteiger partial charge < -0.3 is 14.6 Å². The molecule has 0 aliphatic heterocycles. The molecule has 1 aromatic carbocycles. The maximum atomic E-state index is 12.5. The molecular weight excluding hydrogens is 316 g/mol. The minimum Gasteiger partial charge on any atom is -0.492 e. The second-order valence-corrected chi connectivity index (χ2v) is 6.09. The van der Waals surface area contributed by atoms with Crippen LogP contribution in [-0.2, 0) is 7.05 Å². The lowest BCUT2D eigenvalue weighted by molar-refractivity contribution is 0.102. The molecule has 0 spiro atoms. The van der Waals surface area contributed by atoms with E-state index in [-0.39, 0.29) is 11.1 Å². The van der Waals surface area contributed by atoms with Crippen LogP contribution in [0.5, 0.6) is 5.75 Å². The third-order valence-corrected chi connectivity index (χ3v) is 4.05. The normalized spacial score (nSPS) is 13.7. The zero-order valence-electron chi connectivity index (χ0n) is 12.7. The number of benzene rings is 1. The maximum Gasteiger partial charge on any atom is 0.260 e. The second-order valence-electron chi connectivity index (χ2n) is 5.69. The number of nitrogens with one attached hydrogen (secondary N) is 1. The van der Waals surface area contributed by atoms with E-state index in [1.54, 1.807) is 37.5 Å². The van der Waals surface area contributed by atoms with E-state index >= 15 is 0 Å². The number of aromatic nitrogens is 1. The predicted octanol–water partition coefficient (Wildman–Crippen LogP) is 3.08. The van der Waals surface area contributed by atoms with Crippen LogP contribution in [0.4, 0.5) is 5.69 Å². The van der Waals surface area contributed by atoms with Crippen molar-refractivity contribution >= 4 is 23.2 Å². The van der Waals surface area contributed by atoms with Crippen LogP contribution in [0.3, 0.4) is 0 Å². The van der Waals surface area contributed by atoms with Crippen LogP contribution in [0, 0.1) is 5.92 Å². The Morgan fingerprint density at radius 2 is 2.17 bits per heavy atom. The topological polar surface area (TPSA) is 60.3 Å². The summed E-state index contributed by atoms with van der Waals surface area (Å²) in [5.74, 6) is 0.641. The fourth-order valence-electron chi connectivity index (χ4n) is 2.16. The maximum absolute atomic E-state index is 12.5. The molecule has 1 N–H and O–H groups in total. The lowest BCUT2D eigenvalue weighted by atomic mass is 10.1. The zero-order valence-corrected chi connectivity index (χ0v) is 13.5. The number of ether oxygens (including phenoxy) is 1. The Morgan fingerprint density at radius 1 is 1.39 bits per heavy atom. The minimum absolute atomic E-state index is 0.202. The SMILES string of the molecule is Cn1ccc(NC(=O)c2c(Cl)cccc2OCC2CC2)cc1=O. The van der Waals surface area contributed by atoms with Crippen molar-refractivity contribution in [3.05, 3.63) is 57.5 Å². The van der Waals surface area contributed by atoms with Gasteiger partial charge in [-0.25, -0.2) is 0 Å². The van der Waals surface area contributed by atoms with Gasteiger partial charge in [0, 0.05) is 25.0 Å². The number of carbonyl (C=O) groups is 1. The molecule has 1 aromatic heterocycles. The Balaban J connectivity index is 1.82. The second kappa shape index (κ2) is 6.46. The number of rotatable bonds is 5. The van der Waals surface area contributed by atoms with Crippen molar-refractivity contribution < 1.29 is 9.53 Å². The fourth-order valence-corrected chi connectivity index (χ4v) is 2.41. The Labute approximate surface area is 138 Å². The van der Waals surface area contributed by atoms with Crippen molar-refractivity contribution in [2.24, 2.45) is 13.0 Å². The first-order valence-corrected chi connectivity index (χ1v) is 7.82. The molecule has 1 heterocycles. The molecule has 0 saturated heterocycles. The van der Waals surface area contributed by atoms with Gasteiger partial charge in [-0.15, -0.1) is 0 Å². The van der Waals surface area contributed by atoms with E-state index in [1.165, 1.54) is 10.6 Å². The van der Waals surface area contributed by atoms with Crippen LogP contribution in [-0.4, -0.2) is 17.1 Å². The van der Waals surface area contributed by atoms with Gasteiger partial charge in [-0.1, -0.05) is 17.7 Å². The molecule has 120 valence electrons. The van der Waals surface area contributed by atoms with Crippen LogP contribution < -0.4 is 15.6 Å². The Hall–Kier alpha value is -2.27. The predicted molar refractivity (Wildman–Crippen MR) is 89.3 cm³/mol. The van der Waals surface area contributed by atoms with Gasteiger partial charge in [0.15, 0.2) is 0 Å². The van der Waals surface area contributed by atoms with Gasteiger partial charge in [-0.2, -0.15) is 0 Å². The van der Waals surface area contributed by atoms with Crippen molar-refractivity contribution in [2.75, 3.05) is 11.9 Å².